The zero-order valence-corrected chi connectivity index (χ0v) is 18.9. The molecule has 0 spiro atoms. The van der Waals surface area contributed by atoms with E-state index in [4.69, 9.17) is 15.0 Å². The lowest BCUT2D eigenvalue weighted by Crippen LogP contribution is -2.16. The van der Waals surface area contributed by atoms with E-state index in [2.05, 4.69) is 33.9 Å². The number of hydrogen-bond donors (Lipinski definition) is 3. The summed E-state index contributed by atoms with van der Waals surface area (Å²) in [5, 5.41) is 5.57. The Labute approximate surface area is 185 Å². The standard InChI is InChI=1S/C20H21N3O2S.CH4O3S/c1-14-11-15(12-22-9-8-17-3-2-10-26-17)4-7-19(14)25-16-5-6-18(20(21)24)23-13-16;1-5(2,3)4/h2-7,10-11,13,22H,8-9,12H2,1H3,(H2,21,24);1H3,(H,2,3,4). The number of aryl methyl sites for hydroxylation is 1. The van der Waals surface area contributed by atoms with Crippen LogP contribution in [0.4, 0.5) is 0 Å². The highest BCUT2D eigenvalue weighted by Crippen LogP contribution is 2.25. The fraction of sp³-hybridized carbons (Fsp3) is 0.238. The van der Waals surface area contributed by atoms with E-state index in [1.807, 2.05) is 19.1 Å². The van der Waals surface area contributed by atoms with Crippen LogP contribution in [0.2, 0.25) is 0 Å². The van der Waals surface area contributed by atoms with Gasteiger partial charge in [-0.15, -0.1) is 11.3 Å². The van der Waals surface area contributed by atoms with Gasteiger partial charge in [0.15, 0.2) is 0 Å². The Kier molecular flexibility index (Phi) is 9.13. The molecule has 0 saturated heterocycles. The van der Waals surface area contributed by atoms with Crippen molar-refractivity contribution < 1.29 is 22.5 Å². The molecule has 2 aromatic heterocycles. The fourth-order valence-corrected chi connectivity index (χ4v) is 3.26. The molecule has 0 unspecified atom stereocenters. The van der Waals surface area contributed by atoms with E-state index >= 15 is 0 Å². The summed E-state index contributed by atoms with van der Waals surface area (Å²) < 4.78 is 31.7. The Hall–Kier alpha value is -2.79. The molecule has 10 heteroatoms. The quantitative estimate of drug-likeness (QED) is 0.345. The van der Waals surface area contributed by atoms with Gasteiger partial charge in [0.1, 0.15) is 17.2 Å². The lowest BCUT2D eigenvalue weighted by molar-refractivity contribution is 0.0995. The van der Waals surface area contributed by atoms with Crippen LogP contribution < -0.4 is 15.8 Å². The highest BCUT2D eigenvalue weighted by molar-refractivity contribution is 7.85. The minimum Gasteiger partial charge on any atom is -0.455 e. The third-order valence-corrected chi connectivity index (χ3v) is 4.85. The number of ether oxygens (including phenoxy) is 1. The first-order chi connectivity index (χ1) is 14.6. The molecule has 0 fully saturated rings. The number of rotatable bonds is 8. The molecule has 166 valence electrons. The second kappa shape index (κ2) is 11.6. The van der Waals surface area contributed by atoms with E-state index in [0.717, 1.165) is 30.8 Å². The SMILES string of the molecule is CS(=O)(=O)O.Cc1cc(CNCCc2cccs2)ccc1Oc1ccc(C(N)=O)nc1. The van der Waals surface area contributed by atoms with Crippen LogP contribution in [0, 0.1) is 6.92 Å². The van der Waals surface area contributed by atoms with Gasteiger partial charge in [-0.25, -0.2) is 4.98 Å². The van der Waals surface area contributed by atoms with Crippen molar-refractivity contribution in [1.82, 2.24) is 10.3 Å². The zero-order valence-electron chi connectivity index (χ0n) is 17.2. The minimum absolute atomic E-state index is 0.220. The van der Waals surface area contributed by atoms with E-state index < -0.39 is 16.0 Å². The number of nitrogens with two attached hydrogens (primary N) is 1. The van der Waals surface area contributed by atoms with Gasteiger partial charge in [-0.05, 0) is 54.1 Å². The Bertz CT molecular complexity index is 1070. The van der Waals surface area contributed by atoms with E-state index in [1.165, 1.54) is 16.6 Å². The number of pyridine rings is 1. The first-order valence-corrected chi connectivity index (χ1v) is 12.0. The number of thiophene rings is 1. The van der Waals surface area contributed by atoms with Crippen LogP contribution in [0.15, 0.2) is 54.0 Å². The summed E-state index contributed by atoms with van der Waals surface area (Å²) in [7, 11) is -3.67. The van der Waals surface area contributed by atoms with Gasteiger partial charge in [0, 0.05) is 18.0 Å². The van der Waals surface area contributed by atoms with Crippen molar-refractivity contribution in [3.8, 4) is 11.5 Å². The van der Waals surface area contributed by atoms with Gasteiger partial charge >= 0.3 is 0 Å². The fourth-order valence-electron chi connectivity index (χ4n) is 2.55. The average Bonchev–Trinajstić information content (AvgIpc) is 3.20. The second-order valence-corrected chi connectivity index (χ2v) is 9.18. The van der Waals surface area contributed by atoms with Crippen molar-refractivity contribution in [2.24, 2.45) is 5.73 Å². The summed E-state index contributed by atoms with van der Waals surface area (Å²) in [4.78, 5) is 16.4. The average molecular weight is 464 g/mol. The van der Waals surface area contributed by atoms with E-state index in [-0.39, 0.29) is 5.69 Å². The van der Waals surface area contributed by atoms with Gasteiger partial charge in [0.2, 0.25) is 0 Å². The smallest absolute Gasteiger partial charge is 0.267 e. The monoisotopic (exact) mass is 463 g/mol. The molecule has 31 heavy (non-hydrogen) atoms. The zero-order chi connectivity index (χ0) is 22.9. The molecule has 4 N–H and O–H groups in total. The molecule has 0 aliphatic rings. The summed E-state index contributed by atoms with van der Waals surface area (Å²) in [6, 6.07) is 13.6. The number of nitrogens with one attached hydrogen (secondary N) is 1. The lowest BCUT2D eigenvalue weighted by atomic mass is 10.1. The van der Waals surface area contributed by atoms with Crippen LogP contribution in [0.1, 0.15) is 26.5 Å². The van der Waals surface area contributed by atoms with Gasteiger partial charge in [0.05, 0.1) is 12.5 Å². The van der Waals surface area contributed by atoms with Gasteiger partial charge in [-0.3, -0.25) is 9.35 Å². The highest BCUT2D eigenvalue weighted by Gasteiger charge is 2.06. The molecule has 0 aliphatic carbocycles. The largest absolute Gasteiger partial charge is 0.455 e. The molecule has 1 aromatic carbocycles. The molecule has 8 nitrogen and oxygen atoms in total. The second-order valence-electron chi connectivity index (χ2n) is 6.68. The van der Waals surface area contributed by atoms with Crippen molar-refractivity contribution in [2.45, 2.75) is 19.9 Å². The van der Waals surface area contributed by atoms with E-state index in [9.17, 15) is 13.2 Å². The van der Waals surface area contributed by atoms with Crippen LogP contribution in [-0.4, -0.2) is 36.7 Å². The normalized spacial score (nSPS) is 10.8. The topological polar surface area (TPSA) is 132 Å². The summed E-state index contributed by atoms with van der Waals surface area (Å²) in [5.74, 6) is 0.782. The molecular formula is C21H25N3O5S2. The Morgan fingerprint density at radius 2 is 2.00 bits per heavy atom. The van der Waals surface area contributed by atoms with Gasteiger partial charge in [-0.2, -0.15) is 8.42 Å². The molecule has 2 heterocycles. The number of amides is 1. The number of hydrogen-bond acceptors (Lipinski definition) is 7. The van der Waals surface area contributed by atoms with Crippen LogP contribution >= 0.6 is 11.3 Å². The minimum atomic E-state index is -3.67. The van der Waals surface area contributed by atoms with Crippen molar-refractivity contribution >= 4 is 27.4 Å². The third-order valence-electron chi connectivity index (χ3n) is 3.91. The van der Waals surface area contributed by atoms with Crippen molar-refractivity contribution in [1.29, 1.82) is 0 Å². The van der Waals surface area contributed by atoms with Crippen LogP contribution in [0.25, 0.3) is 0 Å². The molecule has 3 rings (SSSR count). The van der Waals surface area contributed by atoms with Crippen molar-refractivity contribution in [2.75, 3.05) is 12.8 Å². The maximum absolute atomic E-state index is 11.1. The van der Waals surface area contributed by atoms with Gasteiger partial charge < -0.3 is 15.8 Å². The first-order valence-electron chi connectivity index (χ1n) is 9.30. The maximum atomic E-state index is 11.1. The molecule has 0 bridgehead atoms. The Morgan fingerprint density at radius 1 is 1.26 bits per heavy atom. The van der Waals surface area contributed by atoms with E-state index in [0.29, 0.717) is 12.0 Å². The number of aromatic nitrogens is 1. The predicted molar refractivity (Wildman–Crippen MR) is 121 cm³/mol. The van der Waals surface area contributed by atoms with Crippen molar-refractivity contribution in [3.63, 3.8) is 0 Å². The lowest BCUT2D eigenvalue weighted by Gasteiger charge is -2.11. The molecule has 3 aromatic rings. The molecular weight excluding hydrogens is 438 g/mol. The first kappa shape index (κ1) is 24.5. The van der Waals surface area contributed by atoms with Crippen LogP contribution in [-0.2, 0) is 23.1 Å². The molecule has 0 atom stereocenters. The summed E-state index contributed by atoms with van der Waals surface area (Å²) in [5.41, 5.74) is 7.66. The van der Waals surface area contributed by atoms with Gasteiger partial charge in [0.25, 0.3) is 16.0 Å². The highest BCUT2D eigenvalue weighted by atomic mass is 32.2. The third kappa shape index (κ3) is 9.71. The number of primary amides is 1. The predicted octanol–water partition coefficient (Wildman–Crippen LogP) is 3.18. The van der Waals surface area contributed by atoms with E-state index in [1.54, 1.807) is 23.5 Å². The number of carbonyl (C=O) groups is 1. The molecule has 0 saturated carbocycles. The molecule has 0 radical (unpaired) electrons. The Balaban J connectivity index is 0.000000614. The van der Waals surface area contributed by atoms with Crippen LogP contribution in [0.3, 0.4) is 0 Å². The summed E-state index contributed by atoms with van der Waals surface area (Å²) in [6.45, 7) is 3.78. The number of benzene rings is 1. The van der Waals surface area contributed by atoms with Crippen LogP contribution in [0.5, 0.6) is 11.5 Å². The summed E-state index contributed by atoms with van der Waals surface area (Å²) in [6.07, 6.45) is 3.26. The molecule has 0 aliphatic heterocycles. The van der Waals surface area contributed by atoms with Crippen molar-refractivity contribution in [3.05, 3.63) is 75.7 Å². The number of carbonyl (C=O) groups excluding carboxylic acids is 1. The summed E-state index contributed by atoms with van der Waals surface area (Å²) >= 11 is 1.79. The number of nitrogens with zero attached hydrogens (tertiary/aromatic N) is 1. The molecule has 1 amide bonds. The Morgan fingerprint density at radius 3 is 2.55 bits per heavy atom. The maximum Gasteiger partial charge on any atom is 0.267 e. The van der Waals surface area contributed by atoms with Gasteiger partial charge in [-0.1, -0.05) is 18.2 Å².